The van der Waals surface area contributed by atoms with E-state index in [1.807, 2.05) is 0 Å². The number of halogens is 6. The first-order valence-electron chi connectivity index (χ1n) is 10.4. The SMILES string of the molecule is CC#CC1CN(S(=O)(=O)c2cnc(N)c(C)c2)CCN1c1ccc(C(O)(C(F)(F)F)C(F)(F)F)cc1. The molecule has 14 heteroatoms. The predicted octanol–water partition coefficient (Wildman–Crippen LogP) is 3.19. The Morgan fingerprint density at radius 1 is 1.08 bits per heavy atom. The minimum atomic E-state index is -6.00. The Morgan fingerprint density at radius 3 is 2.17 bits per heavy atom. The van der Waals surface area contributed by atoms with Gasteiger partial charge in [0, 0.05) is 37.1 Å². The van der Waals surface area contributed by atoms with Gasteiger partial charge < -0.3 is 15.7 Å². The van der Waals surface area contributed by atoms with E-state index in [0.717, 1.165) is 18.3 Å². The highest BCUT2D eigenvalue weighted by Gasteiger charge is 2.71. The Bertz CT molecular complexity index is 1270. The van der Waals surface area contributed by atoms with Crippen molar-refractivity contribution in [3.8, 4) is 11.8 Å². The summed E-state index contributed by atoms with van der Waals surface area (Å²) < 4.78 is 106. The number of hydrogen-bond donors (Lipinski definition) is 2. The highest BCUT2D eigenvalue weighted by Crippen LogP contribution is 2.50. The molecule has 0 amide bonds. The normalized spacial score (nSPS) is 18.0. The van der Waals surface area contributed by atoms with Crippen molar-refractivity contribution >= 4 is 21.5 Å². The lowest BCUT2D eigenvalue weighted by Crippen LogP contribution is -2.55. The van der Waals surface area contributed by atoms with E-state index in [1.54, 1.807) is 11.8 Å². The molecule has 0 radical (unpaired) electrons. The van der Waals surface area contributed by atoms with Gasteiger partial charge in [-0.25, -0.2) is 13.4 Å². The van der Waals surface area contributed by atoms with E-state index >= 15 is 0 Å². The van der Waals surface area contributed by atoms with Gasteiger partial charge in [-0.05, 0) is 37.6 Å². The van der Waals surface area contributed by atoms with Crippen LogP contribution in [0.3, 0.4) is 0 Å². The summed E-state index contributed by atoms with van der Waals surface area (Å²) in [6, 6.07) is 3.71. The van der Waals surface area contributed by atoms with Gasteiger partial charge in [0.2, 0.25) is 10.0 Å². The fourth-order valence-corrected chi connectivity index (χ4v) is 5.28. The molecule has 1 fully saturated rings. The van der Waals surface area contributed by atoms with Crippen LogP contribution in [0.4, 0.5) is 37.8 Å². The summed E-state index contributed by atoms with van der Waals surface area (Å²) in [6.45, 7) is 3.00. The molecule has 0 spiro atoms. The Balaban J connectivity index is 1.90. The van der Waals surface area contributed by atoms with Gasteiger partial charge in [0.05, 0.1) is 0 Å². The second-order valence-electron chi connectivity index (χ2n) is 8.09. The summed E-state index contributed by atoms with van der Waals surface area (Å²) in [7, 11) is -3.98. The number of sulfonamides is 1. The molecular formula is C22H22F6N4O3S. The van der Waals surface area contributed by atoms with E-state index < -0.39 is 39.6 Å². The van der Waals surface area contributed by atoms with Gasteiger partial charge in [0.15, 0.2) is 0 Å². The van der Waals surface area contributed by atoms with Crippen molar-refractivity contribution < 1.29 is 39.9 Å². The Kier molecular flexibility index (Phi) is 7.24. The van der Waals surface area contributed by atoms with Crippen molar-refractivity contribution in [2.75, 3.05) is 30.3 Å². The first-order valence-corrected chi connectivity index (χ1v) is 11.9. The number of anilines is 2. The lowest BCUT2D eigenvalue weighted by atomic mass is 9.92. The second kappa shape index (κ2) is 9.45. The quantitative estimate of drug-likeness (QED) is 0.460. The van der Waals surface area contributed by atoms with E-state index in [0.29, 0.717) is 17.7 Å². The van der Waals surface area contributed by atoms with Crippen LogP contribution in [0.2, 0.25) is 0 Å². The highest BCUT2D eigenvalue weighted by atomic mass is 32.2. The summed E-state index contributed by atoms with van der Waals surface area (Å²) in [5.74, 6) is 5.67. The topological polar surface area (TPSA) is 99.8 Å². The smallest absolute Gasteiger partial charge is 0.383 e. The van der Waals surface area contributed by atoms with Crippen LogP contribution < -0.4 is 10.6 Å². The summed E-state index contributed by atoms with van der Waals surface area (Å²) in [5.41, 5.74) is -0.101. The molecule has 2 aromatic rings. The van der Waals surface area contributed by atoms with Crippen LogP contribution in [-0.2, 0) is 15.6 Å². The van der Waals surface area contributed by atoms with Gasteiger partial charge in [-0.15, -0.1) is 5.92 Å². The van der Waals surface area contributed by atoms with Crippen LogP contribution in [0.1, 0.15) is 18.1 Å². The molecule has 3 rings (SSSR count). The van der Waals surface area contributed by atoms with E-state index in [-0.39, 0.29) is 36.0 Å². The fourth-order valence-electron chi connectivity index (χ4n) is 3.81. The number of rotatable bonds is 4. The summed E-state index contributed by atoms with van der Waals surface area (Å²) in [4.78, 5) is 5.37. The van der Waals surface area contributed by atoms with E-state index in [2.05, 4.69) is 16.8 Å². The monoisotopic (exact) mass is 536 g/mol. The lowest BCUT2D eigenvalue weighted by Gasteiger charge is -2.40. The number of nitrogen functional groups attached to an aromatic ring is 1. The number of alkyl halides is 6. The average molecular weight is 536 g/mol. The van der Waals surface area contributed by atoms with Crippen LogP contribution in [0.15, 0.2) is 41.4 Å². The number of aryl methyl sites for hydroxylation is 1. The molecule has 196 valence electrons. The Morgan fingerprint density at radius 2 is 1.67 bits per heavy atom. The Labute approximate surface area is 203 Å². The second-order valence-corrected chi connectivity index (χ2v) is 10.0. The molecule has 1 aliphatic heterocycles. The molecule has 0 bridgehead atoms. The molecule has 1 aliphatic rings. The molecule has 1 aromatic heterocycles. The number of pyridine rings is 1. The highest BCUT2D eigenvalue weighted by molar-refractivity contribution is 7.89. The van der Waals surface area contributed by atoms with Crippen molar-refractivity contribution in [1.82, 2.24) is 9.29 Å². The zero-order chi connectivity index (χ0) is 27.1. The number of benzene rings is 1. The van der Waals surface area contributed by atoms with Crippen LogP contribution in [-0.4, -0.2) is 60.8 Å². The minimum Gasteiger partial charge on any atom is -0.383 e. The molecule has 0 aliphatic carbocycles. The van der Waals surface area contributed by atoms with Crippen molar-refractivity contribution in [1.29, 1.82) is 0 Å². The van der Waals surface area contributed by atoms with Crippen LogP contribution in [0.25, 0.3) is 0 Å². The van der Waals surface area contributed by atoms with Crippen molar-refractivity contribution in [2.24, 2.45) is 0 Å². The van der Waals surface area contributed by atoms with Crippen LogP contribution in [0.5, 0.6) is 0 Å². The van der Waals surface area contributed by atoms with Gasteiger partial charge in [-0.2, -0.15) is 30.6 Å². The number of hydrogen-bond acceptors (Lipinski definition) is 6. The fraction of sp³-hybridized carbons (Fsp3) is 0.409. The average Bonchev–Trinajstić information content (AvgIpc) is 2.79. The first-order chi connectivity index (χ1) is 16.5. The molecule has 0 saturated carbocycles. The van der Waals surface area contributed by atoms with Gasteiger partial charge in [-0.3, -0.25) is 0 Å². The zero-order valence-electron chi connectivity index (χ0n) is 19.0. The number of piperazine rings is 1. The van der Waals surface area contributed by atoms with Gasteiger partial charge in [0.25, 0.3) is 5.60 Å². The molecular weight excluding hydrogens is 514 g/mol. The maximum Gasteiger partial charge on any atom is 0.430 e. The molecule has 3 N–H and O–H groups in total. The first kappa shape index (κ1) is 27.6. The Hall–Kier alpha value is -3.02. The van der Waals surface area contributed by atoms with Gasteiger partial charge in [0.1, 0.15) is 16.8 Å². The van der Waals surface area contributed by atoms with Gasteiger partial charge in [-0.1, -0.05) is 18.1 Å². The molecule has 2 heterocycles. The van der Waals surface area contributed by atoms with E-state index in [9.17, 15) is 39.9 Å². The molecule has 1 aromatic carbocycles. The number of aliphatic hydroxyl groups is 1. The molecule has 7 nitrogen and oxygen atoms in total. The summed E-state index contributed by atoms with van der Waals surface area (Å²) in [5, 5.41) is 9.59. The standard InChI is InChI=1S/C22H22F6N4O3S/c1-3-4-17-13-31(36(34,35)18-11-14(2)19(29)30-12-18)9-10-32(17)16-7-5-15(6-8-16)20(33,21(23,24)25)22(26,27)28/h5-8,11-12,17,33H,9-10,13H2,1-2H3,(H2,29,30). The molecule has 36 heavy (non-hydrogen) atoms. The number of aromatic nitrogens is 1. The number of nitrogens with two attached hydrogens (primary N) is 1. The minimum absolute atomic E-state index is 0.0373. The van der Waals surface area contributed by atoms with Crippen molar-refractivity contribution in [2.45, 2.75) is 42.7 Å². The van der Waals surface area contributed by atoms with E-state index in [1.165, 1.54) is 17.3 Å². The predicted molar refractivity (Wildman–Crippen MR) is 119 cm³/mol. The largest absolute Gasteiger partial charge is 0.430 e. The van der Waals surface area contributed by atoms with Crippen LogP contribution in [0, 0.1) is 18.8 Å². The van der Waals surface area contributed by atoms with Crippen LogP contribution >= 0.6 is 0 Å². The molecule has 1 atom stereocenters. The third-order valence-electron chi connectivity index (χ3n) is 5.82. The maximum absolute atomic E-state index is 13.2. The summed E-state index contributed by atoms with van der Waals surface area (Å²) >= 11 is 0. The van der Waals surface area contributed by atoms with E-state index in [4.69, 9.17) is 5.73 Å². The van der Waals surface area contributed by atoms with Crippen molar-refractivity contribution in [3.63, 3.8) is 0 Å². The molecule has 1 saturated heterocycles. The maximum atomic E-state index is 13.2. The summed E-state index contributed by atoms with van der Waals surface area (Å²) in [6.07, 6.45) is -10.9. The van der Waals surface area contributed by atoms with Crippen molar-refractivity contribution in [3.05, 3.63) is 47.7 Å². The van der Waals surface area contributed by atoms with Gasteiger partial charge >= 0.3 is 12.4 Å². The lowest BCUT2D eigenvalue weighted by molar-refractivity contribution is -0.376. The third kappa shape index (κ3) is 4.82. The third-order valence-corrected chi connectivity index (χ3v) is 7.65. The number of nitrogens with zero attached hydrogens (tertiary/aromatic N) is 3. The molecule has 1 unspecified atom stereocenters. The zero-order valence-corrected chi connectivity index (χ0v) is 19.8.